The Balaban J connectivity index is 1.75. The Morgan fingerprint density at radius 2 is 2.05 bits per heavy atom. The Kier molecular flexibility index (Phi) is 5.36. The first-order valence-electron chi connectivity index (χ1n) is 6.64. The van der Waals surface area contributed by atoms with Crippen LogP contribution in [0.4, 0.5) is 0 Å². The van der Waals surface area contributed by atoms with Gasteiger partial charge in [-0.05, 0) is 36.6 Å². The summed E-state index contributed by atoms with van der Waals surface area (Å²) in [6.07, 6.45) is 3.23. The minimum absolute atomic E-state index is 0.237. The van der Waals surface area contributed by atoms with E-state index in [0.29, 0.717) is 24.4 Å². The molecule has 1 saturated heterocycles. The molecule has 0 radical (unpaired) electrons. The topological polar surface area (TPSA) is 75.6 Å². The molecule has 2 atom stereocenters. The number of amides is 1. The predicted molar refractivity (Wildman–Crippen MR) is 79.0 cm³/mol. The Morgan fingerprint density at radius 3 is 2.67 bits per heavy atom. The van der Waals surface area contributed by atoms with E-state index in [4.69, 9.17) is 21.4 Å². The molecule has 6 heteroatoms. The third kappa shape index (κ3) is 4.88. The van der Waals surface area contributed by atoms with E-state index in [0.717, 1.165) is 5.56 Å². The molecule has 21 heavy (non-hydrogen) atoms. The average Bonchev–Trinajstić information content (AvgIpc) is 2.93. The van der Waals surface area contributed by atoms with Gasteiger partial charge in [0.2, 0.25) is 5.91 Å². The zero-order valence-electron chi connectivity index (χ0n) is 11.3. The van der Waals surface area contributed by atoms with Gasteiger partial charge in [0.1, 0.15) is 0 Å². The molecule has 1 aliphatic heterocycles. The highest BCUT2D eigenvalue weighted by Gasteiger charge is 2.30. The molecule has 0 saturated carbocycles. The van der Waals surface area contributed by atoms with Crippen LogP contribution < -0.4 is 5.32 Å². The molecule has 5 nitrogen and oxygen atoms in total. The second-order valence-corrected chi connectivity index (χ2v) is 5.23. The summed E-state index contributed by atoms with van der Waals surface area (Å²) in [6.45, 7) is 0.313. The number of aliphatic carboxylic acids is 1. The number of rotatable bonds is 5. The van der Waals surface area contributed by atoms with Gasteiger partial charge < -0.3 is 15.2 Å². The molecule has 2 rings (SSSR count). The van der Waals surface area contributed by atoms with Crippen molar-refractivity contribution < 1.29 is 19.4 Å². The van der Waals surface area contributed by atoms with Gasteiger partial charge in [-0.1, -0.05) is 23.7 Å². The molecule has 1 heterocycles. The molecule has 0 spiro atoms. The maximum atomic E-state index is 11.7. The maximum absolute atomic E-state index is 11.7. The van der Waals surface area contributed by atoms with Crippen LogP contribution in [-0.4, -0.2) is 35.7 Å². The molecule has 0 aliphatic carbocycles. The van der Waals surface area contributed by atoms with Gasteiger partial charge in [-0.15, -0.1) is 0 Å². The van der Waals surface area contributed by atoms with Crippen LogP contribution in [-0.2, 0) is 14.3 Å². The van der Waals surface area contributed by atoms with Gasteiger partial charge in [0.05, 0.1) is 6.10 Å². The highest BCUT2D eigenvalue weighted by molar-refractivity contribution is 6.30. The first kappa shape index (κ1) is 15.5. The molecule has 1 fully saturated rings. The van der Waals surface area contributed by atoms with Crippen LogP contribution in [0.5, 0.6) is 0 Å². The standard InChI is InChI=1S/C15H16ClNO4/c16-11-4-1-10(2-5-11)3-8-14(18)17-9-12-6-7-13(21-12)15(19)20/h1-5,8,12-13H,6-7,9H2,(H,17,18)(H,19,20)/b8-3+. The molecule has 1 amide bonds. The fourth-order valence-electron chi connectivity index (χ4n) is 2.06. The molecule has 112 valence electrons. The molecule has 1 aromatic carbocycles. The number of hydrogen-bond donors (Lipinski definition) is 2. The number of carboxylic acids is 1. The van der Waals surface area contributed by atoms with E-state index < -0.39 is 12.1 Å². The van der Waals surface area contributed by atoms with Crippen molar-refractivity contribution in [2.24, 2.45) is 0 Å². The van der Waals surface area contributed by atoms with E-state index in [2.05, 4.69) is 5.32 Å². The van der Waals surface area contributed by atoms with Crippen molar-refractivity contribution >= 4 is 29.6 Å². The van der Waals surface area contributed by atoms with E-state index in [1.165, 1.54) is 6.08 Å². The average molecular weight is 310 g/mol. The summed E-state index contributed by atoms with van der Waals surface area (Å²) < 4.78 is 5.30. The van der Waals surface area contributed by atoms with E-state index in [1.54, 1.807) is 18.2 Å². The van der Waals surface area contributed by atoms with E-state index >= 15 is 0 Å². The number of halogens is 1. The molecular weight excluding hydrogens is 294 g/mol. The van der Waals surface area contributed by atoms with Crippen molar-refractivity contribution in [3.05, 3.63) is 40.9 Å². The molecular formula is C15H16ClNO4. The highest BCUT2D eigenvalue weighted by Crippen LogP contribution is 2.19. The second-order valence-electron chi connectivity index (χ2n) is 4.79. The van der Waals surface area contributed by atoms with Gasteiger partial charge in [0.25, 0.3) is 0 Å². The quantitative estimate of drug-likeness (QED) is 0.817. The molecule has 0 bridgehead atoms. The second kappa shape index (κ2) is 7.24. The lowest BCUT2D eigenvalue weighted by molar-refractivity contribution is -0.149. The summed E-state index contributed by atoms with van der Waals surface area (Å²) in [5.74, 6) is -1.20. The minimum atomic E-state index is -0.952. The summed E-state index contributed by atoms with van der Waals surface area (Å²) in [5.41, 5.74) is 0.873. The number of ether oxygens (including phenoxy) is 1. The molecule has 2 N–H and O–H groups in total. The van der Waals surface area contributed by atoms with Gasteiger partial charge in [-0.3, -0.25) is 4.79 Å². The third-order valence-electron chi connectivity index (χ3n) is 3.18. The summed E-state index contributed by atoms with van der Waals surface area (Å²) in [7, 11) is 0. The molecule has 1 aliphatic rings. The minimum Gasteiger partial charge on any atom is -0.479 e. The normalized spacial score (nSPS) is 21.6. The van der Waals surface area contributed by atoms with Gasteiger partial charge >= 0.3 is 5.97 Å². The van der Waals surface area contributed by atoms with Crippen LogP contribution >= 0.6 is 11.6 Å². The first-order valence-corrected chi connectivity index (χ1v) is 7.02. The van der Waals surface area contributed by atoms with Crippen LogP contribution in [0.2, 0.25) is 5.02 Å². The van der Waals surface area contributed by atoms with Gasteiger partial charge in [0.15, 0.2) is 6.10 Å². The zero-order chi connectivity index (χ0) is 15.2. The Bertz CT molecular complexity index is 541. The SMILES string of the molecule is O=C(/C=C/c1ccc(Cl)cc1)NCC1CCC(C(=O)O)O1. The lowest BCUT2D eigenvalue weighted by Crippen LogP contribution is -2.32. The summed E-state index contributed by atoms with van der Waals surface area (Å²) in [6, 6.07) is 7.11. The summed E-state index contributed by atoms with van der Waals surface area (Å²) >= 11 is 5.77. The third-order valence-corrected chi connectivity index (χ3v) is 3.44. The zero-order valence-corrected chi connectivity index (χ0v) is 12.0. The van der Waals surface area contributed by atoms with Gasteiger partial charge in [0, 0.05) is 17.6 Å². The fourth-order valence-corrected chi connectivity index (χ4v) is 2.18. The van der Waals surface area contributed by atoms with Crippen molar-refractivity contribution in [2.75, 3.05) is 6.54 Å². The van der Waals surface area contributed by atoms with Gasteiger partial charge in [-0.25, -0.2) is 4.79 Å². The van der Waals surface area contributed by atoms with Crippen LogP contribution in [0, 0.1) is 0 Å². The smallest absolute Gasteiger partial charge is 0.332 e. The highest BCUT2D eigenvalue weighted by atomic mass is 35.5. The van der Waals surface area contributed by atoms with Crippen molar-refractivity contribution in [1.29, 1.82) is 0 Å². The van der Waals surface area contributed by atoms with Crippen molar-refractivity contribution in [3.8, 4) is 0 Å². The van der Waals surface area contributed by atoms with Crippen molar-refractivity contribution in [1.82, 2.24) is 5.32 Å². The number of carboxylic acid groups (broad SMARTS) is 1. The first-order chi connectivity index (χ1) is 10.0. The van der Waals surface area contributed by atoms with Crippen LogP contribution in [0.25, 0.3) is 6.08 Å². The fraction of sp³-hybridized carbons (Fsp3) is 0.333. The number of benzene rings is 1. The number of hydrogen-bond acceptors (Lipinski definition) is 3. The Labute approximate surface area is 127 Å². The maximum Gasteiger partial charge on any atom is 0.332 e. The number of carbonyl (C=O) groups excluding carboxylic acids is 1. The monoisotopic (exact) mass is 309 g/mol. The summed E-state index contributed by atoms with van der Waals surface area (Å²) in [4.78, 5) is 22.4. The van der Waals surface area contributed by atoms with Crippen molar-refractivity contribution in [2.45, 2.75) is 25.0 Å². The summed E-state index contributed by atoms with van der Waals surface area (Å²) in [5, 5.41) is 12.1. The van der Waals surface area contributed by atoms with Crippen molar-refractivity contribution in [3.63, 3.8) is 0 Å². The van der Waals surface area contributed by atoms with E-state index in [9.17, 15) is 9.59 Å². The predicted octanol–water partition coefficient (Wildman–Crippen LogP) is 2.10. The molecule has 0 aromatic heterocycles. The van der Waals surface area contributed by atoms with Crippen LogP contribution in [0.1, 0.15) is 18.4 Å². The van der Waals surface area contributed by atoms with Crippen LogP contribution in [0.3, 0.4) is 0 Å². The van der Waals surface area contributed by atoms with E-state index in [1.807, 2.05) is 12.1 Å². The Morgan fingerprint density at radius 1 is 1.33 bits per heavy atom. The lowest BCUT2D eigenvalue weighted by atomic mass is 10.2. The van der Waals surface area contributed by atoms with Gasteiger partial charge in [-0.2, -0.15) is 0 Å². The number of carbonyl (C=O) groups is 2. The Hall–Kier alpha value is -1.85. The largest absolute Gasteiger partial charge is 0.479 e. The number of nitrogens with one attached hydrogen (secondary N) is 1. The van der Waals surface area contributed by atoms with E-state index in [-0.39, 0.29) is 12.0 Å². The lowest BCUT2D eigenvalue weighted by Gasteiger charge is -2.11. The molecule has 2 unspecified atom stereocenters. The molecule has 1 aromatic rings. The van der Waals surface area contributed by atoms with Crippen LogP contribution in [0.15, 0.2) is 30.3 Å².